The quantitative estimate of drug-likeness (QED) is 0.243. The molecule has 0 aliphatic rings. The highest BCUT2D eigenvalue weighted by Gasteiger charge is 2.27. The lowest BCUT2D eigenvalue weighted by molar-refractivity contribution is 0.0601. The smallest absolute Gasteiger partial charge is 0.348 e. The van der Waals surface area contributed by atoms with Crippen LogP contribution < -0.4 is 10.1 Å². The van der Waals surface area contributed by atoms with Gasteiger partial charge in [0.15, 0.2) is 5.76 Å². The number of anilines is 1. The van der Waals surface area contributed by atoms with Crippen LogP contribution >= 0.6 is 11.3 Å². The van der Waals surface area contributed by atoms with Gasteiger partial charge in [0.05, 0.1) is 19.8 Å². The maximum atomic E-state index is 12.9. The van der Waals surface area contributed by atoms with E-state index in [9.17, 15) is 14.4 Å². The zero-order chi connectivity index (χ0) is 28.2. The molecule has 8 nitrogen and oxygen atoms in total. The van der Waals surface area contributed by atoms with Crippen LogP contribution in [0.15, 0.2) is 71.1 Å². The number of nitrogens with one attached hydrogen (secondary N) is 1. The molecule has 39 heavy (non-hydrogen) atoms. The Kier molecular flexibility index (Phi) is 8.21. The first-order chi connectivity index (χ1) is 18.6. The molecule has 1 amide bonds. The topological polar surface area (TPSA) is 104 Å². The summed E-state index contributed by atoms with van der Waals surface area (Å²) in [6.07, 6.45) is 0. The van der Waals surface area contributed by atoms with Crippen LogP contribution in [0.4, 0.5) is 5.00 Å². The van der Waals surface area contributed by atoms with Crippen molar-refractivity contribution in [3.05, 3.63) is 105 Å². The molecule has 1 N–H and O–H groups in total. The van der Waals surface area contributed by atoms with Crippen molar-refractivity contribution in [3.8, 4) is 5.75 Å². The standard InChI is InChI=1S/C30H29NO7S/c1-18-24(28(33)35-4)27(39-25(18)29(34)36-5)31-26(32)23-16-15-22(38-23)17-37-21-13-11-20(12-14-21)30(2,3)19-9-7-6-8-10-19/h6-16H,17H2,1-5H3,(H,31,32). The van der Waals surface area contributed by atoms with Gasteiger partial charge in [-0.3, -0.25) is 4.79 Å². The maximum Gasteiger partial charge on any atom is 0.348 e. The minimum absolute atomic E-state index is 0.0232. The third-order valence-corrected chi connectivity index (χ3v) is 7.66. The van der Waals surface area contributed by atoms with Gasteiger partial charge in [0, 0.05) is 5.41 Å². The van der Waals surface area contributed by atoms with Gasteiger partial charge in [0.2, 0.25) is 0 Å². The minimum atomic E-state index is -0.680. The third kappa shape index (κ3) is 5.88. The van der Waals surface area contributed by atoms with Gasteiger partial charge in [0.1, 0.15) is 28.0 Å². The lowest BCUT2D eigenvalue weighted by Gasteiger charge is -2.26. The molecule has 202 valence electrons. The van der Waals surface area contributed by atoms with Crippen molar-refractivity contribution in [3.63, 3.8) is 0 Å². The van der Waals surface area contributed by atoms with Gasteiger partial charge in [-0.1, -0.05) is 56.3 Å². The summed E-state index contributed by atoms with van der Waals surface area (Å²) in [4.78, 5) is 37.5. The molecule has 4 rings (SSSR count). The van der Waals surface area contributed by atoms with E-state index >= 15 is 0 Å². The van der Waals surface area contributed by atoms with E-state index < -0.39 is 17.8 Å². The number of furan rings is 1. The minimum Gasteiger partial charge on any atom is -0.486 e. The van der Waals surface area contributed by atoms with E-state index in [1.54, 1.807) is 13.0 Å². The first-order valence-electron chi connectivity index (χ1n) is 12.1. The highest BCUT2D eigenvalue weighted by atomic mass is 32.1. The lowest BCUT2D eigenvalue weighted by Crippen LogP contribution is -2.18. The first-order valence-corrected chi connectivity index (χ1v) is 13.0. The highest BCUT2D eigenvalue weighted by Crippen LogP contribution is 2.35. The second kappa shape index (κ2) is 11.6. The Hall–Kier alpha value is -4.37. The fourth-order valence-corrected chi connectivity index (χ4v) is 5.23. The summed E-state index contributed by atoms with van der Waals surface area (Å²) in [6, 6.07) is 21.3. The predicted octanol–water partition coefficient (Wildman–Crippen LogP) is 6.38. The number of hydrogen-bond acceptors (Lipinski definition) is 8. The Morgan fingerprint density at radius 1 is 0.872 bits per heavy atom. The van der Waals surface area contributed by atoms with Crippen molar-refractivity contribution >= 4 is 34.2 Å². The molecular weight excluding hydrogens is 518 g/mol. The third-order valence-electron chi connectivity index (χ3n) is 6.47. The molecule has 9 heteroatoms. The van der Waals surface area contributed by atoms with Crippen molar-refractivity contribution < 1.29 is 33.0 Å². The molecule has 2 aromatic heterocycles. The van der Waals surface area contributed by atoms with E-state index in [-0.39, 0.29) is 33.2 Å². The molecule has 4 aromatic rings. The van der Waals surface area contributed by atoms with Gasteiger partial charge < -0.3 is 23.9 Å². The van der Waals surface area contributed by atoms with E-state index in [4.69, 9.17) is 18.6 Å². The number of methoxy groups -OCH3 is 2. The normalized spacial score (nSPS) is 11.1. The van der Waals surface area contributed by atoms with Crippen molar-refractivity contribution in [2.24, 2.45) is 0 Å². The Bertz CT molecular complexity index is 1480. The van der Waals surface area contributed by atoms with Crippen LogP contribution in [0.2, 0.25) is 0 Å². The van der Waals surface area contributed by atoms with Crippen LogP contribution in [0, 0.1) is 6.92 Å². The Balaban J connectivity index is 1.42. The van der Waals surface area contributed by atoms with E-state index in [0.29, 0.717) is 17.1 Å². The van der Waals surface area contributed by atoms with Crippen LogP contribution in [0.25, 0.3) is 0 Å². The van der Waals surface area contributed by atoms with Crippen molar-refractivity contribution in [1.29, 1.82) is 0 Å². The van der Waals surface area contributed by atoms with Crippen LogP contribution in [-0.2, 0) is 21.5 Å². The van der Waals surface area contributed by atoms with Gasteiger partial charge >= 0.3 is 11.9 Å². The lowest BCUT2D eigenvalue weighted by atomic mass is 9.78. The van der Waals surface area contributed by atoms with Crippen molar-refractivity contribution in [2.45, 2.75) is 32.8 Å². The van der Waals surface area contributed by atoms with E-state index in [2.05, 4.69) is 31.3 Å². The van der Waals surface area contributed by atoms with Gasteiger partial charge in [-0.05, 0) is 47.9 Å². The number of carbonyl (C=O) groups excluding carboxylic acids is 3. The molecule has 0 unspecified atom stereocenters. The van der Waals surface area contributed by atoms with E-state index in [1.165, 1.54) is 25.8 Å². The van der Waals surface area contributed by atoms with Gasteiger partial charge in [0.25, 0.3) is 5.91 Å². The molecular formula is C30H29NO7S. The molecule has 2 aromatic carbocycles. The fourth-order valence-electron chi connectivity index (χ4n) is 4.12. The number of ether oxygens (including phenoxy) is 3. The summed E-state index contributed by atoms with van der Waals surface area (Å²) in [5.74, 6) is -0.749. The summed E-state index contributed by atoms with van der Waals surface area (Å²) in [5, 5.41) is 2.80. The van der Waals surface area contributed by atoms with Crippen molar-refractivity contribution in [2.75, 3.05) is 19.5 Å². The number of benzene rings is 2. The van der Waals surface area contributed by atoms with E-state index in [1.807, 2.05) is 42.5 Å². The fraction of sp³-hybridized carbons (Fsp3) is 0.233. The molecule has 0 saturated carbocycles. The van der Waals surface area contributed by atoms with Crippen molar-refractivity contribution in [1.82, 2.24) is 0 Å². The van der Waals surface area contributed by atoms with Gasteiger partial charge in [-0.2, -0.15) is 0 Å². The number of hydrogen-bond donors (Lipinski definition) is 1. The number of rotatable bonds is 9. The first kappa shape index (κ1) is 27.7. The second-order valence-electron chi connectivity index (χ2n) is 9.27. The van der Waals surface area contributed by atoms with Crippen LogP contribution in [-0.4, -0.2) is 32.1 Å². The highest BCUT2D eigenvalue weighted by molar-refractivity contribution is 7.18. The van der Waals surface area contributed by atoms with E-state index in [0.717, 1.165) is 16.9 Å². The van der Waals surface area contributed by atoms with Crippen LogP contribution in [0.5, 0.6) is 5.75 Å². The Labute approximate surface area is 230 Å². The summed E-state index contributed by atoms with van der Waals surface area (Å²) < 4.78 is 21.1. The maximum absolute atomic E-state index is 12.9. The number of esters is 2. The Morgan fingerprint density at radius 2 is 1.51 bits per heavy atom. The number of amides is 1. The summed E-state index contributed by atoms with van der Waals surface area (Å²) >= 11 is 0.927. The average Bonchev–Trinajstić information content (AvgIpc) is 3.56. The number of carbonyl (C=O) groups is 3. The molecule has 0 saturated heterocycles. The Morgan fingerprint density at radius 3 is 2.15 bits per heavy atom. The SMILES string of the molecule is COC(=O)c1sc(NC(=O)c2ccc(COc3ccc(C(C)(C)c4ccccc4)cc3)o2)c(C(=O)OC)c1C. The average molecular weight is 548 g/mol. The van der Waals surface area contributed by atoms with Crippen LogP contribution in [0.3, 0.4) is 0 Å². The molecule has 0 aliphatic carbocycles. The number of thiophene rings is 1. The molecule has 0 atom stereocenters. The monoisotopic (exact) mass is 547 g/mol. The van der Waals surface area contributed by atoms with Crippen LogP contribution in [0.1, 0.15) is 66.9 Å². The largest absolute Gasteiger partial charge is 0.486 e. The molecule has 0 radical (unpaired) electrons. The zero-order valence-corrected chi connectivity index (χ0v) is 23.1. The van der Waals surface area contributed by atoms with Gasteiger partial charge in [-0.25, -0.2) is 9.59 Å². The predicted molar refractivity (Wildman–Crippen MR) is 148 cm³/mol. The summed E-state index contributed by atoms with van der Waals surface area (Å²) in [5.41, 5.74) is 2.67. The van der Waals surface area contributed by atoms with Gasteiger partial charge in [-0.15, -0.1) is 11.3 Å². The zero-order valence-electron chi connectivity index (χ0n) is 22.3. The molecule has 0 spiro atoms. The summed E-state index contributed by atoms with van der Waals surface area (Å²) in [6.45, 7) is 6.06. The molecule has 0 fully saturated rings. The molecule has 0 aliphatic heterocycles. The second-order valence-corrected chi connectivity index (χ2v) is 10.3. The molecule has 2 heterocycles. The summed E-state index contributed by atoms with van der Waals surface area (Å²) in [7, 11) is 2.46. The molecule has 0 bridgehead atoms.